The van der Waals surface area contributed by atoms with Gasteiger partial charge in [0.2, 0.25) is 5.78 Å². The number of fused-ring (bicyclic) bond motifs is 1. The summed E-state index contributed by atoms with van der Waals surface area (Å²) in [6.07, 6.45) is -0.969. The van der Waals surface area contributed by atoms with E-state index in [-0.39, 0.29) is 17.0 Å². The van der Waals surface area contributed by atoms with Crippen LogP contribution in [-0.4, -0.2) is 27.6 Å². The van der Waals surface area contributed by atoms with Crippen LogP contribution in [0.25, 0.3) is 10.8 Å². The molecule has 1 atom stereocenters. The van der Waals surface area contributed by atoms with E-state index in [0.29, 0.717) is 16.3 Å². The summed E-state index contributed by atoms with van der Waals surface area (Å²) in [5.41, 5.74) is 1.20. The average Bonchev–Trinajstić information content (AvgIpc) is 2.64. The van der Waals surface area contributed by atoms with Gasteiger partial charge in [0.15, 0.2) is 11.8 Å². The number of aromatic nitrogens is 2. The number of ketones is 1. The van der Waals surface area contributed by atoms with Gasteiger partial charge in [-0.2, -0.15) is 5.10 Å². The zero-order valence-corrected chi connectivity index (χ0v) is 14.7. The van der Waals surface area contributed by atoms with Crippen molar-refractivity contribution in [3.8, 4) is 0 Å². The number of carbonyl (C=O) groups excluding carboxylic acids is 2. The molecule has 0 N–H and O–H groups in total. The Hall–Kier alpha value is -3.28. The molecule has 0 unspecified atom stereocenters. The number of Topliss-reactive ketones (excluding diaryl/α,β-unsaturated/α-hetero) is 1. The van der Waals surface area contributed by atoms with Crippen LogP contribution in [0.3, 0.4) is 0 Å². The maximum Gasteiger partial charge on any atom is 0.360 e. The number of carbonyl (C=O) groups is 2. The number of hydrogen-bond donors (Lipinski definition) is 0. The average molecular weight is 350 g/mol. The van der Waals surface area contributed by atoms with Crippen LogP contribution in [-0.2, 0) is 11.8 Å². The van der Waals surface area contributed by atoms with Crippen LogP contribution < -0.4 is 5.56 Å². The number of rotatable bonds is 4. The SMILES string of the molecule is Cc1ccc(C(=O)[C@H](C)OC(=O)c2nn(C)c(=O)c3ccccc23)cc1. The van der Waals surface area contributed by atoms with Crippen LogP contribution in [0, 0.1) is 6.92 Å². The second-order valence-electron chi connectivity index (χ2n) is 6.10. The van der Waals surface area contributed by atoms with Gasteiger partial charge in [-0.3, -0.25) is 9.59 Å². The Morgan fingerprint density at radius 2 is 1.65 bits per heavy atom. The predicted molar refractivity (Wildman–Crippen MR) is 97.4 cm³/mol. The van der Waals surface area contributed by atoms with E-state index in [2.05, 4.69) is 5.10 Å². The third-order valence-electron chi connectivity index (χ3n) is 4.14. The van der Waals surface area contributed by atoms with E-state index in [0.717, 1.165) is 10.2 Å². The molecule has 6 nitrogen and oxygen atoms in total. The van der Waals surface area contributed by atoms with Crippen LogP contribution in [0.1, 0.15) is 33.3 Å². The monoisotopic (exact) mass is 350 g/mol. The van der Waals surface area contributed by atoms with Crippen LogP contribution in [0.2, 0.25) is 0 Å². The molecule has 6 heteroatoms. The minimum absolute atomic E-state index is 0.00579. The van der Waals surface area contributed by atoms with E-state index in [1.54, 1.807) is 36.4 Å². The molecule has 0 bridgehead atoms. The smallest absolute Gasteiger partial charge is 0.360 e. The number of benzene rings is 2. The fraction of sp³-hybridized carbons (Fsp3) is 0.200. The molecule has 0 aliphatic rings. The maximum atomic E-state index is 12.6. The van der Waals surface area contributed by atoms with Crippen molar-refractivity contribution in [1.29, 1.82) is 0 Å². The second-order valence-corrected chi connectivity index (χ2v) is 6.10. The van der Waals surface area contributed by atoms with Crippen molar-refractivity contribution in [3.63, 3.8) is 0 Å². The molecule has 3 aromatic rings. The quantitative estimate of drug-likeness (QED) is 0.534. The van der Waals surface area contributed by atoms with E-state index in [9.17, 15) is 14.4 Å². The number of hydrogen-bond acceptors (Lipinski definition) is 5. The van der Waals surface area contributed by atoms with Crippen molar-refractivity contribution >= 4 is 22.5 Å². The normalized spacial score (nSPS) is 12.0. The third-order valence-corrected chi connectivity index (χ3v) is 4.14. The molecule has 1 aromatic heterocycles. The van der Waals surface area contributed by atoms with E-state index in [4.69, 9.17) is 4.74 Å². The Labute approximate surface area is 150 Å². The topological polar surface area (TPSA) is 78.3 Å². The maximum absolute atomic E-state index is 12.6. The largest absolute Gasteiger partial charge is 0.449 e. The highest BCUT2D eigenvalue weighted by Gasteiger charge is 2.23. The van der Waals surface area contributed by atoms with E-state index in [1.165, 1.54) is 14.0 Å². The predicted octanol–water partition coefficient (Wildman–Crippen LogP) is 2.67. The molecule has 3 rings (SSSR count). The molecule has 0 spiro atoms. The summed E-state index contributed by atoms with van der Waals surface area (Å²) in [6.45, 7) is 3.44. The van der Waals surface area contributed by atoms with E-state index >= 15 is 0 Å². The molecule has 1 heterocycles. The molecule has 0 amide bonds. The van der Waals surface area contributed by atoms with Crippen LogP contribution in [0.4, 0.5) is 0 Å². The number of ether oxygens (including phenoxy) is 1. The zero-order chi connectivity index (χ0) is 18.8. The van der Waals surface area contributed by atoms with Crippen molar-refractivity contribution in [1.82, 2.24) is 9.78 Å². The summed E-state index contributed by atoms with van der Waals surface area (Å²) in [4.78, 5) is 37.2. The van der Waals surface area contributed by atoms with Gasteiger partial charge in [0.1, 0.15) is 0 Å². The number of esters is 1. The van der Waals surface area contributed by atoms with Crippen LogP contribution in [0.15, 0.2) is 53.3 Å². The molecular formula is C20H18N2O4. The lowest BCUT2D eigenvalue weighted by Gasteiger charge is -2.13. The van der Waals surface area contributed by atoms with Gasteiger partial charge in [0.25, 0.3) is 5.56 Å². The molecule has 132 valence electrons. The second kappa shape index (κ2) is 6.92. The molecule has 0 saturated carbocycles. The van der Waals surface area contributed by atoms with Gasteiger partial charge in [-0.15, -0.1) is 0 Å². The first-order valence-corrected chi connectivity index (χ1v) is 8.16. The van der Waals surface area contributed by atoms with Crippen LogP contribution in [0.5, 0.6) is 0 Å². The zero-order valence-electron chi connectivity index (χ0n) is 14.7. The standard InChI is InChI=1S/C20H18N2O4/c1-12-8-10-14(11-9-12)18(23)13(2)26-20(25)17-15-6-4-5-7-16(15)19(24)22(3)21-17/h4-11,13H,1-3H3/t13-/m0/s1. The van der Waals surface area contributed by atoms with Gasteiger partial charge in [0.05, 0.1) is 5.39 Å². The lowest BCUT2D eigenvalue weighted by molar-refractivity contribution is 0.0313. The fourth-order valence-electron chi connectivity index (χ4n) is 2.67. The Morgan fingerprint density at radius 1 is 1.04 bits per heavy atom. The lowest BCUT2D eigenvalue weighted by atomic mass is 10.1. The van der Waals surface area contributed by atoms with Crippen LogP contribution >= 0.6 is 0 Å². The molecule has 0 saturated heterocycles. The van der Waals surface area contributed by atoms with Crippen molar-refractivity contribution in [2.24, 2.45) is 7.05 Å². The van der Waals surface area contributed by atoms with Crippen molar-refractivity contribution < 1.29 is 14.3 Å². The van der Waals surface area contributed by atoms with Crippen molar-refractivity contribution in [2.75, 3.05) is 0 Å². The van der Waals surface area contributed by atoms with Gasteiger partial charge in [-0.1, -0.05) is 48.0 Å². The first kappa shape index (κ1) is 17.5. The minimum atomic E-state index is -0.969. The molecule has 0 radical (unpaired) electrons. The van der Waals surface area contributed by atoms with Gasteiger partial charge in [-0.25, -0.2) is 9.48 Å². The molecule has 2 aromatic carbocycles. The minimum Gasteiger partial charge on any atom is -0.449 e. The highest BCUT2D eigenvalue weighted by Crippen LogP contribution is 2.16. The Balaban J connectivity index is 1.89. The lowest BCUT2D eigenvalue weighted by Crippen LogP contribution is -2.28. The molecular weight excluding hydrogens is 332 g/mol. The highest BCUT2D eigenvalue weighted by molar-refractivity contribution is 6.05. The summed E-state index contributed by atoms with van der Waals surface area (Å²) < 4.78 is 6.41. The van der Waals surface area contributed by atoms with Gasteiger partial charge >= 0.3 is 5.97 Å². The molecule has 0 fully saturated rings. The fourth-order valence-corrected chi connectivity index (χ4v) is 2.67. The van der Waals surface area contributed by atoms with E-state index < -0.39 is 12.1 Å². The Kier molecular flexibility index (Phi) is 4.67. The van der Waals surface area contributed by atoms with Crippen molar-refractivity contribution in [3.05, 3.63) is 75.7 Å². The van der Waals surface area contributed by atoms with Gasteiger partial charge < -0.3 is 4.74 Å². The molecule has 0 aliphatic carbocycles. The Morgan fingerprint density at radius 3 is 2.31 bits per heavy atom. The number of aryl methyl sites for hydroxylation is 2. The third kappa shape index (κ3) is 3.26. The summed E-state index contributed by atoms with van der Waals surface area (Å²) in [7, 11) is 1.46. The first-order valence-electron chi connectivity index (χ1n) is 8.16. The highest BCUT2D eigenvalue weighted by atomic mass is 16.5. The molecule has 0 aliphatic heterocycles. The summed E-state index contributed by atoms with van der Waals surface area (Å²) in [6, 6.07) is 13.7. The summed E-state index contributed by atoms with van der Waals surface area (Å²) in [5, 5.41) is 4.78. The van der Waals surface area contributed by atoms with E-state index in [1.807, 2.05) is 19.1 Å². The number of nitrogens with zero attached hydrogens (tertiary/aromatic N) is 2. The molecule has 26 heavy (non-hydrogen) atoms. The van der Waals surface area contributed by atoms with Crippen molar-refractivity contribution in [2.45, 2.75) is 20.0 Å². The van der Waals surface area contributed by atoms with Gasteiger partial charge in [0, 0.05) is 18.0 Å². The van der Waals surface area contributed by atoms with Gasteiger partial charge in [-0.05, 0) is 19.9 Å². The Bertz CT molecular complexity index is 1050. The summed E-state index contributed by atoms with van der Waals surface area (Å²) >= 11 is 0. The first-order chi connectivity index (χ1) is 12.4. The summed E-state index contributed by atoms with van der Waals surface area (Å²) in [5.74, 6) is -1.04.